The SMILES string of the molecule is FC(F)(F)CCC=NNc1ccncc1. The zero-order valence-electron chi connectivity index (χ0n) is 7.83. The van der Waals surface area contributed by atoms with Crippen molar-refractivity contribution >= 4 is 11.9 Å². The minimum absolute atomic E-state index is 0.123. The Morgan fingerprint density at radius 2 is 2.00 bits per heavy atom. The van der Waals surface area contributed by atoms with Gasteiger partial charge in [0.15, 0.2) is 0 Å². The predicted octanol–water partition coefficient (Wildman–Crippen LogP) is 2.82. The van der Waals surface area contributed by atoms with Crippen molar-refractivity contribution in [1.82, 2.24) is 4.98 Å². The molecule has 0 radical (unpaired) electrons. The average Bonchev–Trinajstić information content (AvgIpc) is 2.17. The van der Waals surface area contributed by atoms with Gasteiger partial charge in [-0.1, -0.05) is 0 Å². The highest BCUT2D eigenvalue weighted by Crippen LogP contribution is 2.20. The first kappa shape index (κ1) is 11.5. The van der Waals surface area contributed by atoms with Crippen molar-refractivity contribution in [3.63, 3.8) is 0 Å². The third-order valence-corrected chi connectivity index (χ3v) is 1.52. The van der Waals surface area contributed by atoms with E-state index in [0.717, 1.165) is 0 Å². The molecule has 0 aromatic carbocycles. The summed E-state index contributed by atoms with van der Waals surface area (Å²) in [6.07, 6.45) is -0.770. The molecule has 1 aromatic rings. The van der Waals surface area contributed by atoms with Gasteiger partial charge in [-0.2, -0.15) is 18.3 Å². The molecule has 0 atom stereocenters. The summed E-state index contributed by atoms with van der Waals surface area (Å²) in [4.78, 5) is 3.78. The molecule has 82 valence electrons. The van der Waals surface area contributed by atoms with Crippen molar-refractivity contribution in [3.8, 4) is 0 Å². The summed E-state index contributed by atoms with van der Waals surface area (Å²) in [5, 5.41) is 3.64. The first-order valence-corrected chi connectivity index (χ1v) is 4.32. The minimum atomic E-state index is -4.12. The monoisotopic (exact) mass is 217 g/mol. The van der Waals surface area contributed by atoms with Crippen LogP contribution in [0.4, 0.5) is 18.9 Å². The highest BCUT2D eigenvalue weighted by atomic mass is 19.4. The van der Waals surface area contributed by atoms with Crippen LogP contribution in [0.15, 0.2) is 29.6 Å². The van der Waals surface area contributed by atoms with Gasteiger partial charge in [-0.05, 0) is 18.6 Å². The van der Waals surface area contributed by atoms with E-state index < -0.39 is 12.6 Å². The third kappa shape index (κ3) is 5.66. The molecule has 0 bridgehead atoms. The summed E-state index contributed by atoms with van der Waals surface area (Å²) >= 11 is 0. The van der Waals surface area contributed by atoms with Gasteiger partial charge >= 0.3 is 6.18 Å². The van der Waals surface area contributed by atoms with Gasteiger partial charge in [-0.3, -0.25) is 10.4 Å². The number of nitrogens with one attached hydrogen (secondary N) is 1. The lowest BCUT2D eigenvalue weighted by Crippen LogP contribution is -2.06. The van der Waals surface area contributed by atoms with Crippen LogP contribution in [-0.2, 0) is 0 Å². The molecule has 0 spiro atoms. The van der Waals surface area contributed by atoms with Gasteiger partial charge in [0, 0.05) is 25.0 Å². The van der Waals surface area contributed by atoms with E-state index in [1.165, 1.54) is 6.21 Å². The quantitative estimate of drug-likeness (QED) is 0.622. The largest absolute Gasteiger partial charge is 0.389 e. The van der Waals surface area contributed by atoms with Crippen LogP contribution in [0.5, 0.6) is 0 Å². The van der Waals surface area contributed by atoms with E-state index in [0.29, 0.717) is 5.69 Å². The molecule has 1 rings (SSSR count). The van der Waals surface area contributed by atoms with Crippen LogP contribution in [0.3, 0.4) is 0 Å². The fraction of sp³-hybridized carbons (Fsp3) is 0.333. The van der Waals surface area contributed by atoms with E-state index in [1.807, 2.05) is 0 Å². The number of rotatable bonds is 4. The normalized spacial score (nSPS) is 11.9. The summed E-state index contributed by atoms with van der Waals surface area (Å²) in [7, 11) is 0. The Hall–Kier alpha value is -1.59. The second kappa shape index (κ2) is 5.33. The maximum atomic E-state index is 11.7. The van der Waals surface area contributed by atoms with E-state index >= 15 is 0 Å². The van der Waals surface area contributed by atoms with Gasteiger partial charge in [-0.25, -0.2) is 0 Å². The van der Waals surface area contributed by atoms with Gasteiger partial charge in [-0.15, -0.1) is 0 Å². The number of alkyl halides is 3. The molecule has 0 saturated heterocycles. The molecular weight excluding hydrogens is 207 g/mol. The summed E-state index contributed by atoms with van der Waals surface area (Å²) in [5.41, 5.74) is 3.28. The summed E-state index contributed by atoms with van der Waals surface area (Å²) in [6.45, 7) is 0. The fourth-order valence-electron chi connectivity index (χ4n) is 0.839. The molecule has 0 amide bonds. The van der Waals surface area contributed by atoms with Gasteiger partial charge in [0.05, 0.1) is 5.69 Å². The lowest BCUT2D eigenvalue weighted by molar-refractivity contribution is -0.132. The van der Waals surface area contributed by atoms with E-state index in [-0.39, 0.29) is 6.42 Å². The number of hydrazone groups is 1. The number of hydrogen-bond acceptors (Lipinski definition) is 3. The lowest BCUT2D eigenvalue weighted by Gasteiger charge is -2.02. The second-order valence-corrected chi connectivity index (χ2v) is 2.81. The molecular formula is C9H10F3N3. The van der Waals surface area contributed by atoms with Crippen molar-refractivity contribution in [1.29, 1.82) is 0 Å². The molecule has 0 unspecified atom stereocenters. The Bertz CT molecular complexity index is 308. The number of hydrogen-bond donors (Lipinski definition) is 1. The Kier molecular flexibility index (Phi) is 4.08. The Morgan fingerprint density at radius 3 is 2.60 bits per heavy atom. The second-order valence-electron chi connectivity index (χ2n) is 2.81. The predicted molar refractivity (Wildman–Crippen MR) is 51.6 cm³/mol. The Morgan fingerprint density at radius 1 is 1.33 bits per heavy atom. The van der Waals surface area contributed by atoms with Crippen LogP contribution in [0.25, 0.3) is 0 Å². The molecule has 6 heteroatoms. The molecule has 1 heterocycles. The molecule has 1 N–H and O–H groups in total. The standard InChI is InChI=1S/C9H10F3N3/c10-9(11,12)4-1-5-14-15-8-2-6-13-7-3-8/h2-3,5-7H,1,4H2,(H,13,15). The summed E-state index contributed by atoms with van der Waals surface area (Å²) < 4.78 is 35.1. The van der Waals surface area contributed by atoms with Crippen molar-refractivity contribution in [2.75, 3.05) is 5.43 Å². The minimum Gasteiger partial charge on any atom is -0.279 e. The van der Waals surface area contributed by atoms with E-state index in [1.54, 1.807) is 24.5 Å². The van der Waals surface area contributed by atoms with Crippen molar-refractivity contribution < 1.29 is 13.2 Å². The number of aromatic nitrogens is 1. The highest BCUT2D eigenvalue weighted by molar-refractivity contribution is 5.59. The maximum Gasteiger partial charge on any atom is 0.389 e. The maximum absolute atomic E-state index is 11.7. The van der Waals surface area contributed by atoms with Gasteiger partial charge in [0.2, 0.25) is 0 Å². The topological polar surface area (TPSA) is 37.3 Å². The molecule has 0 aliphatic rings. The zero-order valence-corrected chi connectivity index (χ0v) is 7.83. The Labute approximate surface area is 85.0 Å². The van der Waals surface area contributed by atoms with Crippen LogP contribution >= 0.6 is 0 Å². The molecule has 0 aliphatic carbocycles. The number of nitrogens with zero attached hydrogens (tertiary/aromatic N) is 2. The first-order valence-electron chi connectivity index (χ1n) is 4.32. The van der Waals surface area contributed by atoms with E-state index in [9.17, 15) is 13.2 Å². The molecule has 3 nitrogen and oxygen atoms in total. The van der Waals surface area contributed by atoms with Crippen molar-refractivity contribution in [2.45, 2.75) is 19.0 Å². The van der Waals surface area contributed by atoms with Crippen molar-refractivity contribution in [3.05, 3.63) is 24.5 Å². The van der Waals surface area contributed by atoms with Gasteiger partial charge in [0.1, 0.15) is 0 Å². The number of anilines is 1. The molecule has 15 heavy (non-hydrogen) atoms. The molecule has 0 saturated carbocycles. The van der Waals surface area contributed by atoms with Crippen LogP contribution < -0.4 is 5.43 Å². The van der Waals surface area contributed by atoms with Crippen LogP contribution in [0.1, 0.15) is 12.8 Å². The van der Waals surface area contributed by atoms with Crippen molar-refractivity contribution in [2.24, 2.45) is 5.10 Å². The highest BCUT2D eigenvalue weighted by Gasteiger charge is 2.25. The van der Waals surface area contributed by atoms with E-state index in [2.05, 4.69) is 15.5 Å². The van der Waals surface area contributed by atoms with E-state index in [4.69, 9.17) is 0 Å². The summed E-state index contributed by atoms with van der Waals surface area (Å²) in [6, 6.07) is 3.34. The molecule has 1 aromatic heterocycles. The van der Waals surface area contributed by atoms with Crippen LogP contribution in [0, 0.1) is 0 Å². The Balaban J connectivity index is 2.23. The average molecular weight is 217 g/mol. The first-order chi connectivity index (χ1) is 7.08. The van der Waals surface area contributed by atoms with Gasteiger partial charge in [0.25, 0.3) is 0 Å². The van der Waals surface area contributed by atoms with Crippen LogP contribution in [-0.4, -0.2) is 17.4 Å². The third-order valence-electron chi connectivity index (χ3n) is 1.52. The van der Waals surface area contributed by atoms with Gasteiger partial charge < -0.3 is 0 Å². The fourth-order valence-corrected chi connectivity index (χ4v) is 0.839. The number of pyridine rings is 1. The smallest absolute Gasteiger partial charge is 0.279 e. The zero-order chi connectivity index (χ0) is 11.1. The molecule has 0 fully saturated rings. The van der Waals surface area contributed by atoms with Crippen LogP contribution in [0.2, 0.25) is 0 Å². The molecule has 0 aliphatic heterocycles. The summed E-state index contributed by atoms with van der Waals surface area (Å²) in [5.74, 6) is 0. The lowest BCUT2D eigenvalue weighted by atomic mass is 10.3. The number of halogens is 3.